The summed E-state index contributed by atoms with van der Waals surface area (Å²) in [5, 5.41) is 9.80. The van der Waals surface area contributed by atoms with Crippen LogP contribution in [0, 0.1) is 0 Å². The predicted molar refractivity (Wildman–Crippen MR) is 67.6 cm³/mol. The van der Waals surface area contributed by atoms with Crippen molar-refractivity contribution in [2.45, 2.75) is 12.5 Å². The number of nitrogens with one attached hydrogen (secondary N) is 1. The fourth-order valence-corrected chi connectivity index (χ4v) is 1.83. The third-order valence-corrected chi connectivity index (χ3v) is 2.81. The van der Waals surface area contributed by atoms with Crippen molar-refractivity contribution in [3.05, 3.63) is 35.9 Å². The van der Waals surface area contributed by atoms with Crippen LogP contribution in [0.25, 0.3) is 0 Å². The number of ether oxygens (including phenoxy) is 1. The minimum atomic E-state index is -1.13. The van der Waals surface area contributed by atoms with Gasteiger partial charge in [-0.15, -0.1) is 0 Å². The van der Waals surface area contributed by atoms with E-state index in [4.69, 9.17) is 9.84 Å². The number of hydrazine groups is 1. The maximum Gasteiger partial charge on any atom is 0.306 e. The van der Waals surface area contributed by atoms with Crippen molar-refractivity contribution in [3.63, 3.8) is 0 Å². The number of hydrogen-bond donors (Lipinski definition) is 2. The lowest BCUT2D eigenvalue weighted by molar-refractivity contribution is -0.161. The molecule has 0 unspecified atom stereocenters. The molecule has 1 fully saturated rings. The third kappa shape index (κ3) is 3.33. The van der Waals surface area contributed by atoms with Crippen LogP contribution in [-0.4, -0.2) is 47.2 Å². The van der Waals surface area contributed by atoms with Crippen molar-refractivity contribution in [2.75, 3.05) is 13.2 Å². The van der Waals surface area contributed by atoms with Gasteiger partial charge in [-0.05, 0) is 12.1 Å². The summed E-state index contributed by atoms with van der Waals surface area (Å²) in [4.78, 5) is 34.5. The van der Waals surface area contributed by atoms with Gasteiger partial charge in [-0.2, -0.15) is 0 Å². The summed E-state index contributed by atoms with van der Waals surface area (Å²) in [5.74, 6) is -2.10. The van der Waals surface area contributed by atoms with Crippen LogP contribution in [0.1, 0.15) is 16.8 Å². The van der Waals surface area contributed by atoms with Gasteiger partial charge in [0.25, 0.3) is 11.8 Å². The van der Waals surface area contributed by atoms with Crippen LogP contribution in [0.15, 0.2) is 30.3 Å². The highest BCUT2D eigenvalue weighted by Crippen LogP contribution is 2.09. The van der Waals surface area contributed by atoms with Gasteiger partial charge < -0.3 is 9.84 Å². The second-order valence-electron chi connectivity index (χ2n) is 4.25. The molecule has 1 heterocycles. The molecule has 0 aliphatic carbocycles. The Labute approximate surface area is 115 Å². The Balaban J connectivity index is 2.00. The summed E-state index contributed by atoms with van der Waals surface area (Å²) in [6.07, 6.45) is -1.48. The number of amides is 2. The lowest BCUT2D eigenvalue weighted by Gasteiger charge is -2.31. The molecule has 0 radical (unpaired) electrons. The van der Waals surface area contributed by atoms with Crippen molar-refractivity contribution in [1.29, 1.82) is 0 Å². The Morgan fingerprint density at radius 2 is 2.05 bits per heavy atom. The molecule has 20 heavy (non-hydrogen) atoms. The van der Waals surface area contributed by atoms with Gasteiger partial charge in [0.1, 0.15) is 6.10 Å². The summed E-state index contributed by atoms with van der Waals surface area (Å²) in [5.41, 5.74) is 2.88. The Morgan fingerprint density at radius 3 is 2.70 bits per heavy atom. The second kappa shape index (κ2) is 6.16. The van der Waals surface area contributed by atoms with Crippen LogP contribution in [0.4, 0.5) is 0 Å². The topological polar surface area (TPSA) is 95.9 Å². The fourth-order valence-electron chi connectivity index (χ4n) is 1.83. The van der Waals surface area contributed by atoms with Crippen LogP contribution in [-0.2, 0) is 14.3 Å². The number of carboxylic acid groups (broad SMARTS) is 1. The number of benzene rings is 1. The molecule has 1 aromatic carbocycles. The molecule has 7 heteroatoms. The summed E-state index contributed by atoms with van der Waals surface area (Å²) >= 11 is 0. The van der Waals surface area contributed by atoms with Gasteiger partial charge in [-0.25, -0.2) is 5.01 Å². The molecule has 0 saturated carbocycles. The third-order valence-electron chi connectivity index (χ3n) is 2.81. The number of aliphatic carboxylic acids is 1. The number of nitrogens with zero attached hydrogens (tertiary/aromatic N) is 1. The molecular weight excluding hydrogens is 264 g/mol. The highest BCUT2D eigenvalue weighted by atomic mass is 16.5. The van der Waals surface area contributed by atoms with Crippen LogP contribution >= 0.6 is 0 Å². The summed E-state index contributed by atoms with van der Waals surface area (Å²) in [6.45, 7) is 0.367. The van der Waals surface area contributed by atoms with E-state index >= 15 is 0 Å². The highest BCUT2D eigenvalue weighted by Gasteiger charge is 2.32. The van der Waals surface area contributed by atoms with Crippen molar-refractivity contribution < 1.29 is 24.2 Å². The zero-order valence-corrected chi connectivity index (χ0v) is 10.6. The summed E-state index contributed by atoms with van der Waals surface area (Å²) in [7, 11) is 0. The van der Waals surface area contributed by atoms with Crippen molar-refractivity contribution >= 4 is 17.8 Å². The van der Waals surface area contributed by atoms with E-state index in [0.717, 1.165) is 5.01 Å². The van der Waals surface area contributed by atoms with Crippen molar-refractivity contribution in [1.82, 2.24) is 10.4 Å². The van der Waals surface area contributed by atoms with Gasteiger partial charge in [0.05, 0.1) is 19.6 Å². The molecule has 0 aromatic heterocycles. The number of carbonyl (C=O) groups is 3. The number of hydrogen-bond acceptors (Lipinski definition) is 4. The zero-order chi connectivity index (χ0) is 14.5. The Morgan fingerprint density at radius 1 is 1.35 bits per heavy atom. The first-order chi connectivity index (χ1) is 9.58. The lowest BCUT2D eigenvalue weighted by atomic mass is 10.2. The van der Waals surface area contributed by atoms with E-state index in [0.29, 0.717) is 5.56 Å². The molecule has 1 aromatic rings. The molecule has 2 amide bonds. The number of carboxylic acids is 1. The fraction of sp³-hybridized carbons (Fsp3) is 0.308. The average molecular weight is 278 g/mol. The predicted octanol–water partition coefficient (Wildman–Crippen LogP) is 0.0335. The van der Waals surface area contributed by atoms with Crippen LogP contribution in [0.5, 0.6) is 0 Å². The maximum atomic E-state index is 12.0. The van der Waals surface area contributed by atoms with E-state index in [1.54, 1.807) is 30.3 Å². The van der Waals surface area contributed by atoms with E-state index in [2.05, 4.69) is 5.43 Å². The molecular formula is C13H14N2O5. The van der Waals surface area contributed by atoms with Crippen molar-refractivity contribution in [2.24, 2.45) is 0 Å². The van der Waals surface area contributed by atoms with Gasteiger partial charge >= 0.3 is 5.97 Å². The standard InChI is InChI=1S/C13H14N2O5/c16-11(17)8-10-13(19)15(6-7-20-10)14-12(18)9-4-2-1-3-5-9/h1-5,10H,6-8H2,(H,14,18)(H,16,17)/t10-/m1/s1. The molecule has 1 saturated heterocycles. The van der Waals surface area contributed by atoms with Crippen LogP contribution in [0.3, 0.4) is 0 Å². The van der Waals surface area contributed by atoms with Gasteiger partial charge in [0, 0.05) is 5.56 Å². The number of morpholine rings is 1. The molecule has 0 bridgehead atoms. The molecule has 7 nitrogen and oxygen atoms in total. The quantitative estimate of drug-likeness (QED) is 0.810. The monoisotopic (exact) mass is 278 g/mol. The Bertz CT molecular complexity index is 517. The first-order valence-electron chi connectivity index (χ1n) is 6.08. The Hall–Kier alpha value is -2.41. The smallest absolute Gasteiger partial charge is 0.306 e. The van der Waals surface area contributed by atoms with Crippen LogP contribution in [0.2, 0.25) is 0 Å². The second-order valence-corrected chi connectivity index (χ2v) is 4.25. The minimum absolute atomic E-state index is 0.179. The SMILES string of the molecule is O=C(O)C[C@H]1OCCN(NC(=O)c2ccccc2)C1=O. The van der Waals surface area contributed by atoms with E-state index in [1.165, 1.54) is 0 Å². The molecule has 1 atom stereocenters. The first kappa shape index (κ1) is 14.0. The normalized spacial score (nSPS) is 18.7. The highest BCUT2D eigenvalue weighted by molar-refractivity contribution is 5.96. The summed E-state index contributed by atoms with van der Waals surface area (Å²) in [6, 6.07) is 8.44. The maximum absolute atomic E-state index is 12.0. The molecule has 1 aliphatic rings. The molecule has 106 valence electrons. The molecule has 1 aliphatic heterocycles. The van der Waals surface area contributed by atoms with E-state index < -0.39 is 30.3 Å². The molecule has 0 spiro atoms. The number of carbonyl (C=O) groups excluding carboxylic acids is 2. The van der Waals surface area contributed by atoms with Crippen molar-refractivity contribution in [3.8, 4) is 0 Å². The molecule has 2 rings (SSSR count). The van der Waals surface area contributed by atoms with E-state index in [-0.39, 0.29) is 13.2 Å². The zero-order valence-electron chi connectivity index (χ0n) is 10.6. The van der Waals surface area contributed by atoms with Crippen LogP contribution < -0.4 is 5.43 Å². The molecule has 2 N–H and O–H groups in total. The van der Waals surface area contributed by atoms with Gasteiger partial charge in [-0.1, -0.05) is 18.2 Å². The largest absolute Gasteiger partial charge is 0.481 e. The summed E-state index contributed by atoms with van der Waals surface area (Å²) < 4.78 is 5.10. The van der Waals surface area contributed by atoms with Gasteiger partial charge in [-0.3, -0.25) is 19.8 Å². The number of rotatable bonds is 4. The van der Waals surface area contributed by atoms with Gasteiger partial charge in [0.15, 0.2) is 0 Å². The van der Waals surface area contributed by atoms with Gasteiger partial charge in [0.2, 0.25) is 0 Å². The van der Waals surface area contributed by atoms with E-state index in [1.807, 2.05) is 0 Å². The average Bonchev–Trinajstić information content (AvgIpc) is 2.43. The lowest BCUT2D eigenvalue weighted by Crippen LogP contribution is -2.56. The van der Waals surface area contributed by atoms with E-state index in [9.17, 15) is 14.4 Å². The minimum Gasteiger partial charge on any atom is -0.481 e. The Kier molecular flexibility index (Phi) is 4.31. The first-order valence-corrected chi connectivity index (χ1v) is 6.08.